The maximum atomic E-state index is 14.7. The zero-order valence-corrected chi connectivity index (χ0v) is 49.3. The minimum Gasteiger partial charge on any atom is -0.368 e. The van der Waals surface area contributed by atoms with Crippen molar-refractivity contribution < 1.29 is 61.1 Å². The quantitative estimate of drug-likeness (QED) is 0.0934. The number of H-pyrrole nitrogens is 1. The van der Waals surface area contributed by atoms with E-state index in [0.717, 1.165) is 33.8 Å². The Morgan fingerprint density at radius 2 is 1.28 bits per heavy atom. The van der Waals surface area contributed by atoms with Gasteiger partial charge in [0.05, 0.1) is 23.7 Å². The van der Waals surface area contributed by atoms with Crippen molar-refractivity contribution in [3.8, 4) is 0 Å². The molecule has 24 nitrogen and oxygen atoms in total. The highest BCUT2D eigenvalue weighted by Crippen LogP contribution is 2.30. The first kappa shape index (κ1) is 65.0. The van der Waals surface area contributed by atoms with E-state index in [1.165, 1.54) is 29.3 Å². The highest BCUT2D eigenvalue weighted by atomic mass is 19.4. The number of amides is 10. The van der Waals surface area contributed by atoms with E-state index in [9.17, 15) is 61.1 Å². The highest BCUT2D eigenvalue weighted by molar-refractivity contribution is 6.00. The Kier molecular flexibility index (Phi) is 21.3. The number of rotatable bonds is 10. The van der Waals surface area contributed by atoms with Crippen molar-refractivity contribution in [2.24, 2.45) is 23.5 Å². The zero-order valence-electron chi connectivity index (χ0n) is 49.3. The second kappa shape index (κ2) is 29.2. The molecule has 8 rings (SSSR count). The number of primary amides is 1. The van der Waals surface area contributed by atoms with Gasteiger partial charge < -0.3 is 58.2 Å². The van der Waals surface area contributed by atoms with Gasteiger partial charge in [0, 0.05) is 73.7 Å². The lowest BCUT2D eigenvalue weighted by atomic mass is 9.93. The third-order valence-corrected chi connectivity index (χ3v) is 15.5. The number of nitrogens with zero attached hydrogens (tertiary/aromatic N) is 4. The molecule has 89 heavy (non-hydrogen) atoms. The van der Waals surface area contributed by atoms with Gasteiger partial charge in [-0.1, -0.05) is 118 Å². The third-order valence-electron chi connectivity index (χ3n) is 15.5. The first-order valence-electron chi connectivity index (χ1n) is 29.1. The van der Waals surface area contributed by atoms with Gasteiger partial charge in [-0.2, -0.15) is 13.2 Å². The summed E-state index contributed by atoms with van der Waals surface area (Å²) in [6.45, 7) is 4.88. The number of hydrogen-bond acceptors (Lipinski definition) is 12. The van der Waals surface area contributed by atoms with Gasteiger partial charge in [0.25, 0.3) is 5.91 Å². The molecular weight excluding hydrogens is 1160 g/mol. The zero-order chi connectivity index (χ0) is 64.1. The maximum absolute atomic E-state index is 14.7. The van der Waals surface area contributed by atoms with E-state index in [1.54, 1.807) is 88.5 Å². The monoisotopic (exact) mass is 1230 g/mol. The maximum Gasteiger partial charge on any atom is 0.416 e. The van der Waals surface area contributed by atoms with E-state index in [0.29, 0.717) is 11.1 Å². The highest BCUT2D eigenvalue weighted by Gasteiger charge is 2.43. The number of hydrogen-bond donors (Lipinski definition) is 10. The van der Waals surface area contributed by atoms with Crippen LogP contribution in [0.1, 0.15) is 72.4 Å². The number of aromatic nitrogens is 4. The smallest absolute Gasteiger partial charge is 0.368 e. The molecule has 4 heterocycles. The van der Waals surface area contributed by atoms with Crippen LogP contribution in [0.4, 0.5) is 13.2 Å². The number of aromatic amines is 1. The van der Waals surface area contributed by atoms with Crippen LogP contribution < -0.4 is 48.3 Å². The predicted molar refractivity (Wildman–Crippen MR) is 317 cm³/mol. The Balaban J connectivity index is 1.12. The summed E-state index contributed by atoms with van der Waals surface area (Å²) in [5.41, 5.74) is 7.06. The Labute approximate surface area is 509 Å². The van der Waals surface area contributed by atoms with Crippen molar-refractivity contribution in [1.29, 1.82) is 0 Å². The molecule has 2 aliphatic heterocycles. The van der Waals surface area contributed by atoms with Gasteiger partial charge in [-0.05, 0) is 59.2 Å². The number of carbonyl (C=O) groups excluding carboxylic acids is 10. The van der Waals surface area contributed by atoms with E-state index in [1.807, 2.05) is 18.2 Å². The molecule has 0 spiro atoms. The van der Waals surface area contributed by atoms with Crippen LogP contribution >= 0.6 is 0 Å². The summed E-state index contributed by atoms with van der Waals surface area (Å²) in [6, 6.07) is 18.6. The molecule has 1 saturated heterocycles. The van der Waals surface area contributed by atoms with Crippen LogP contribution in [0.25, 0.3) is 10.9 Å². The van der Waals surface area contributed by atoms with Crippen LogP contribution in [-0.2, 0) is 81.6 Å². The van der Waals surface area contributed by atoms with Gasteiger partial charge in [-0.25, -0.2) is 4.68 Å². The summed E-state index contributed by atoms with van der Waals surface area (Å²) >= 11 is 0. The summed E-state index contributed by atoms with van der Waals surface area (Å²) in [6.07, 6.45) is -3.02. The molecule has 470 valence electrons. The summed E-state index contributed by atoms with van der Waals surface area (Å²) in [5.74, 6) is -10.2. The molecule has 4 aromatic carbocycles. The largest absolute Gasteiger partial charge is 0.416 e. The lowest BCUT2D eigenvalue weighted by Crippen LogP contribution is -2.59. The Morgan fingerprint density at radius 1 is 0.652 bits per heavy atom. The van der Waals surface area contributed by atoms with Gasteiger partial charge in [-0.3, -0.25) is 47.9 Å². The lowest BCUT2D eigenvalue weighted by molar-refractivity contribution is -0.137. The van der Waals surface area contributed by atoms with E-state index >= 15 is 0 Å². The molecule has 0 aliphatic carbocycles. The van der Waals surface area contributed by atoms with E-state index < -0.39 is 150 Å². The number of alkyl halides is 3. The molecule has 0 radical (unpaired) electrons. The Morgan fingerprint density at radius 3 is 1.98 bits per heavy atom. The van der Waals surface area contributed by atoms with Crippen molar-refractivity contribution in [1.82, 2.24) is 67.4 Å². The summed E-state index contributed by atoms with van der Waals surface area (Å²) < 4.78 is 43.2. The molecule has 2 aromatic heterocycles. The van der Waals surface area contributed by atoms with E-state index in [-0.39, 0.29) is 55.6 Å². The van der Waals surface area contributed by atoms with Crippen molar-refractivity contribution in [2.75, 3.05) is 19.6 Å². The number of benzene rings is 4. The third kappa shape index (κ3) is 17.4. The van der Waals surface area contributed by atoms with Crippen LogP contribution in [0.2, 0.25) is 0 Å². The molecule has 27 heteroatoms. The van der Waals surface area contributed by atoms with Crippen molar-refractivity contribution in [2.45, 2.75) is 115 Å². The fourth-order valence-corrected chi connectivity index (χ4v) is 10.7. The Bertz CT molecular complexity index is 3560. The molecule has 2 aliphatic rings. The second-order valence-electron chi connectivity index (χ2n) is 22.9. The number of para-hydroxylation sites is 1. The first-order chi connectivity index (χ1) is 42.4. The summed E-state index contributed by atoms with van der Waals surface area (Å²) in [5, 5.41) is 30.4. The Hall–Kier alpha value is -9.95. The van der Waals surface area contributed by atoms with Crippen LogP contribution in [0.3, 0.4) is 0 Å². The molecule has 0 unspecified atom stereocenters. The van der Waals surface area contributed by atoms with Crippen molar-refractivity contribution in [3.63, 3.8) is 0 Å². The number of halogens is 3. The average molecular weight is 1230 g/mol. The normalized spacial score (nSPS) is 22.7. The molecule has 1 fully saturated rings. The minimum absolute atomic E-state index is 0.00932. The van der Waals surface area contributed by atoms with Crippen LogP contribution in [-0.4, -0.2) is 146 Å². The molecule has 8 atom stereocenters. The average Bonchev–Trinajstić information content (AvgIpc) is 2.34. The second-order valence-corrected chi connectivity index (χ2v) is 22.9. The van der Waals surface area contributed by atoms with Gasteiger partial charge in [0.15, 0.2) is 0 Å². The van der Waals surface area contributed by atoms with Crippen LogP contribution in [0, 0.1) is 17.8 Å². The molecule has 6 aromatic rings. The van der Waals surface area contributed by atoms with Gasteiger partial charge in [0.2, 0.25) is 53.2 Å². The number of fused-ring (bicyclic) bond motifs is 5. The van der Waals surface area contributed by atoms with Crippen molar-refractivity contribution >= 4 is 70.0 Å². The topological polar surface area (TPSA) is 343 Å². The first-order valence-corrected chi connectivity index (χ1v) is 29.1. The van der Waals surface area contributed by atoms with Crippen LogP contribution in [0.15, 0.2) is 122 Å². The number of carbonyl (C=O) groups is 10. The SMILES string of the molecule is CC(C)[C@@H]1CNC(=O)CNC(=O)[C@H](Cc2ccccc2)NC(=O)[C@H](Cc2c[nH]c3ccccc23)NC(=O)[C@H](C(C)C)NC(=O)Cn2cc(nn2)C[C@H](C(N)=O)NC(=O)[C@@H]2C[C@@H](CN2C(=O)c2ccccc2)NC(=O)[C@H](Cc2cccc(C(F)(F)F)c2)NC1=O. The number of nitrogens with one attached hydrogen (secondary N) is 9. The van der Waals surface area contributed by atoms with Gasteiger partial charge >= 0.3 is 6.18 Å². The van der Waals surface area contributed by atoms with Crippen LogP contribution in [0.5, 0.6) is 0 Å². The van der Waals surface area contributed by atoms with E-state index in [2.05, 4.69) is 57.8 Å². The van der Waals surface area contributed by atoms with Crippen molar-refractivity contribution in [3.05, 3.63) is 155 Å². The number of likely N-dealkylation sites (tertiary alicyclic amines) is 1. The van der Waals surface area contributed by atoms with Gasteiger partial charge in [0.1, 0.15) is 42.8 Å². The standard InChI is InChI=1S/C62H71F3N14O10/c1-34(2)44-29-68-51(80)30-69-56(84)47(23-36-14-7-5-8-15-36)73-58(86)49(25-39-28-67-45-21-12-11-20-43(39)45)74-60(88)53(35(3)4)75-52(81)33-78-31-42(76-77-78)26-46(54(66)82)71-59(87)50-27-41(32-79(50)61(89)38-17-9-6-10-18-38)70-57(85)48(72-55(44)83)24-37-16-13-19-40(22-37)62(63,64)65/h5-22,28,31,34-35,41,44,46-50,53,67H,23-27,29-30,32-33H2,1-4H3,(H2,66,82)(H,68,80)(H,69,84)(H,70,85)(H,71,87)(H,72,83)(H,73,86)(H,74,88)(H,75,81)/t41-,44-,46+,47-,48-,49-,50-,53-/m0/s1. The van der Waals surface area contributed by atoms with E-state index in [4.69, 9.17) is 5.73 Å². The fraction of sp³-hybridized carbons (Fsp3) is 0.387. The molecule has 10 amide bonds. The fourth-order valence-electron chi connectivity index (χ4n) is 10.7. The molecule has 0 saturated carbocycles. The van der Waals surface area contributed by atoms with Gasteiger partial charge in [-0.15, -0.1) is 5.10 Å². The lowest BCUT2D eigenvalue weighted by Gasteiger charge is -2.27. The summed E-state index contributed by atoms with van der Waals surface area (Å²) in [4.78, 5) is 146. The molecule has 4 bridgehead atoms. The molecule has 11 N–H and O–H groups in total. The summed E-state index contributed by atoms with van der Waals surface area (Å²) in [7, 11) is 0. The molecular formula is C62H71F3N14O10. The minimum atomic E-state index is -4.77. The number of nitrogens with two attached hydrogens (primary N) is 1. The predicted octanol–water partition coefficient (Wildman–Crippen LogP) is 1.53.